The van der Waals surface area contributed by atoms with Crippen LogP contribution in [-0.2, 0) is 6.61 Å². The molecule has 0 fully saturated rings. The van der Waals surface area contributed by atoms with Crippen molar-refractivity contribution in [2.24, 2.45) is 0 Å². The van der Waals surface area contributed by atoms with Crippen LogP contribution < -0.4 is 9.47 Å². The van der Waals surface area contributed by atoms with Crippen LogP contribution in [0.3, 0.4) is 0 Å². The molecule has 0 radical (unpaired) electrons. The molecule has 94 valence electrons. The summed E-state index contributed by atoms with van der Waals surface area (Å²) >= 11 is 11.6. The molecule has 0 saturated heterocycles. The van der Waals surface area contributed by atoms with Gasteiger partial charge in [0.25, 0.3) is 0 Å². The van der Waals surface area contributed by atoms with E-state index in [1.165, 1.54) is 12.6 Å². The first-order valence-electron chi connectivity index (χ1n) is 4.98. The van der Waals surface area contributed by atoms with Gasteiger partial charge in [0, 0.05) is 5.54 Å². The van der Waals surface area contributed by atoms with Crippen molar-refractivity contribution in [1.82, 2.24) is 0 Å². The second-order valence-corrected chi connectivity index (χ2v) is 4.14. The molecular weight excluding hydrogens is 263 g/mol. The van der Waals surface area contributed by atoms with Gasteiger partial charge < -0.3 is 14.6 Å². The zero-order valence-corrected chi connectivity index (χ0v) is 11.2. The summed E-state index contributed by atoms with van der Waals surface area (Å²) in [5, 5.41) is 9.45. The van der Waals surface area contributed by atoms with Crippen molar-refractivity contribution < 1.29 is 14.6 Å². The molecule has 1 N–H and O–H groups in total. The Hall–Kier alpha value is -0.900. The largest absolute Gasteiger partial charge is 0.493 e. The second-order valence-electron chi connectivity index (χ2n) is 3.51. The maximum atomic E-state index is 9.05. The van der Waals surface area contributed by atoms with E-state index in [9.17, 15) is 0 Å². The van der Waals surface area contributed by atoms with E-state index in [4.69, 9.17) is 37.8 Å². The van der Waals surface area contributed by atoms with E-state index in [1.807, 2.05) is 6.92 Å². The van der Waals surface area contributed by atoms with Crippen LogP contribution in [-0.4, -0.2) is 18.8 Å². The van der Waals surface area contributed by atoms with E-state index in [1.54, 1.807) is 12.1 Å². The number of hydrogen-bond donors (Lipinski definition) is 1. The number of methoxy groups -OCH3 is 1. The Morgan fingerprint density at radius 3 is 2.71 bits per heavy atom. The molecule has 1 aromatic carbocycles. The van der Waals surface area contributed by atoms with Gasteiger partial charge in [-0.3, -0.25) is 0 Å². The molecule has 17 heavy (non-hydrogen) atoms. The van der Waals surface area contributed by atoms with Crippen molar-refractivity contribution in [2.75, 3.05) is 13.7 Å². The Labute approximate surface area is 111 Å². The molecule has 0 spiro atoms. The summed E-state index contributed by atoms with van der Waals surface area (Å²) in [4.78, 5) is 0. The number of benzene rings is 1. The predicted octanol–water partition coefficient (Wildman–Crippen LogP) is 3.36. The van der Waals surface area contributed by atoms with E-state index in [0.717, 1.165) is 5.57 Å². The Bertz CT molecular complexity index is 416. The fourth-order valence-electron chi connectivity index (χ4n) is 1.22. The van der Waals surface area contributed by atoms with Gasteiger partial charge in [-0.15, -0.1) is 0 Å². The number of hydrogen-bond acceptors (Lipinski definition) is 3. The highest BCUT2D eigenvalue weighted by Crippen LogP contribution is 2.36. The summed E-state index contributed by atoms with van der Waals surface area (Å²) in [5.74, 6) is 0.938. The highest BCUT2D eigenvalue weighted by Gasteiger charge is 2.11. The number of aliphatic hydroxyl groups excluding tert-OH is 1. The zero-order valence-electron chi connectivity index (χ0n) is 9.67. The molecule has 0 unspecified atom stereocenters. The van der Waals surface area contributed by atoms with Gasteiger partial charge in [-0.1, -0.05) is 23.2 Å². The third kappa shape index (κ3) is 3.80. The molecule has 0 aliphatic rings. The predicted molar refractivity (Wildman–Crippen MR) is 69.0 cm³/mol. The normalized spacial score (nSPS) is 11.5. The lowest BCUT2D eigenvalue weighted by molar-refractivity contribution is 0.279. The van der Waals surface area contributed by atoms with E-state index in [2.05, 4.69) is 0 Å². The number of aliphatic hydroxyl groups is 1. The summed E-state index contributed by atoms with van der Waals surface area (Å²) in [6.45, 7) is 2.07. The topological polar surface area (TPSA) is 38.7 Å². The van der Waals surface area contributed by atoms with Crippen molar-refractivity contribution in [3.05, 3.63) is 33.8 Å². The first-order chi connectivity index (χ1) is 8.12. The Morgan fingerprint density at radius 2 is 2.18 bits per heavy atom. The Kier molecular flexibility index (Phi) is 5.62. The van der Waals surface area contributed by atoms with E-state index < -0.39 is 0 Å². The van der Waals surface area contributed by atoms with Crippen LogP contribution in [0, 0.1) is 0 Å². The molecule has 0 aliphatic carbocycles. The lowest BCUT2D eigenvalue weighted by Gasteiger charge is -2.13. The van der Waals surface area contributed by atoms with Gasteiger partial charge in [0.1, 0.15) is 6.61 Å². The maximum absolute atomic E-state index is 9.05. The van der Waals surface area contributed by atoms with Gasteiger partial charge in [0.05, 0.1) is 18.7 Å². The molecular formula is C12H14Cl2O3. The van der Waals surface area contributed by atoms with Gasteiger partial charge in [-0.25, -0.2) is 0 Å². The zero-order chi connectivity index (χ0) is 12.8. The summed E-state index contributed by atoms with van der Waals surface area (Å²) in [6, 6.07) is 3.32. The molecule has 0 aromatic heterocycles. The fourth-order valence-corrected chi connectivity index (χ4v) is 1.57. The van der Waals surface area contributed by atoms with Gasteiger partial charge in [-0.05, 0) is 30.2 Å². The van der Waals surface area contributed by atoms with Crippen LogP contribution in [0.25, 0.3) is 0 Å². The third-order valence-electron chi connectivity index (χ3n) is 2.10. The molecule has 0 atom stereocenters. The average Bonchev–Trinajstić information content (AvgIpc) is 2.35. The molecule has 3 nitrogen and oxygen atoms in total. The van der Waals surface area contributed by atoms with Crippen LogP contribution >= 0.6 is 23.2 Å². The highest BCUT2D eigenvalue weighted by atomic mass is 35.5. The standard InChI is InChI=1S/C12H14Cl2O3/c1-8(5-13)7-17-12-10(14)3-9(6-15)4-11(12)16-2/h3-5,15H,6-7H2,1-2H3/b8-5+. The van der Waals surface area contributed by atoms with Gasteiger partial charge >= 0.3 is 0 Å². The molecule has 1 rings (SSSR count). The van der Waals surface area contributed by atoms with Gasteiger partial charge in [-0.2, -0.15) is 0 Å². The highest BCUT2D eigenvalue weighted by molar-refractivity contribution is 6.32. The SMILES string of the molecule is COc1cc(CO)cc(Cl)c1OC/C(C)=C/Cl. The second kappa shape index (κ2) is 6.74. The summed E-state index contributed by atoms with van der Waals surface area (Å²) in [6.07, 6.45) is 0. The minimum Gasteiger partial charge on any atom is -0.493 e. The lowest BCUT2D eigenvalue weighted by atomic mass is 10.2. The minimum atomic E-state index is -0.100. The fraction of sp³-hybridized carbons (Fsp3) is 0.333. The van der Waals surface area contributed by atoms with Crippen LogP contribution in [0.2, 0.25) is 5.02 Å². The van der Waals surface area contributed by atoms with Crippen LogP contribution in [0.4, 0.5) is 0 Å². The molecule has 0 bridgehead atoms. The lowest BCUT2D eigenvalue weighted by Crippen LogP contribution is -2.01. The van der Waals surface area contributed by atoms with E-state index in [0.29, 0.717) is 28.7 Å². The molecule has 5 heteroatoms. The van der Waals surface area contributed by atoms with Crippen molar-refractivity contribution >= 4 is 23.2 Å². The van der Waals surface area contributed by atoms with Crippen LogP contribution in [0.15, 0.2) is 23.2 Å². The minimum absolute atomic E-state index is 0.100. The maximum Gasteiger partial charge on any atom is 0.180 e. The quantitative estimate of drug-likeness (QED) is 0.896. The van der Waals surface area contributed by atoms with Crippen molar-refractivity contribution in [2.45, 2.75) is 13.5 Å². The Balaban J connectivity index is 2.97. The molecule has 1 aromatic rings. The van der Waals surface area contributed by atoms with Crippen LogP contribution in [0.5, 0.6) is 11.5 Å². The monoisotopic (exact) mass is 276 g/mol. The van der Waals surface area contributed by atoms with Gasteiger partial charge in [0.2, 0.25) is 0 Å². The summed E-state index contributed by atoms with van der Waals surface area (Å²) < 4.78 is 10.7. The third-order valence-corrected chi connectivity index (χ3v) is 2.76. The van der Waals surface area contributed by atoms with Crippen molar-refractivity contribution in [3.63, 3.8) is 0 Å². The van der Waals surface area contributed by atoms with Crippen LogP contribution in [0.1, 0.15) is 12.5 Å². The number of ether oxygens (including phenoxy) is 2. The average molecular weight is 277 g/mol. The molecule has 0 aliphatic heterocycles. The molecule has 0 amide bonds. The molecule has 0 heterocycles. The Morgan fingerprint density at radius 1 is 1.47 bits per heavy atom. The first kappa shape index (κ1) is 14.2. The number of rotatable bonds is 5. The first-order valence-corrected chi connectivity index (χ1v) is 5.79. The van der Waals surface area contributed by atoms with E-state index >= 15 is 0 Å². The number of halogens is 2. The summed E-state index contributed by atoms with van der Waals surface area (Å²) in [7, 11) is 1.52. The van der Waals surface area contributed by atoms with E-state index in [-0.39, 0.29) is 6.61 Å². The summed E-state index contributed by atoms with van der Waals surface area (Å²) in [5.41, 5.74) is 2.99. The van der Waals surface area contributed by atoms with Crippen molar-refractivity contribution in [3.8, 4) is 11.5 Å². The smallest absolute Gasteiger partial charge is 0.180 e. The molecule has 0 saturated carbocycles. The van der Waals surface area contributed by atoms with Crippen molar-refractivity contribution in [1.29, 1.82) is 0 Å². The van der Waals surface area contributed by atoms with Gasteiger partial charge in [0.15, 0.2) is 11.5 Å².